The number of nitrogens with zero attached hydrogens (tertiary/aromatic N) is 2. The molecule has 1 aromatic rings. The highest BCUT2D eigenvalue weighted by molar-refractivity contribution is 7.47. The predicted octanol–water partition coefficient (Wildman–Crippen LogP) is -6.43. The van der Waals surface area contributed by atoms with Crippen molar-refractivity contribution in [2.45, 2.75) is 67.2 Å². The van der Waals surface area contributed by atoms with E-state index in [1.54, 1.807) is 0 Å². The Morgan fingerprint density at radius 1 is 1.30 bits per heavy atom. The quantitative estimate of drug-likeness (QED) is 0.0666. The molecular weight excluding hydrogens is 609 g/mol. The number of nitrogens with two attached hydrogens (primary N) is 1. The number of aliphatic hydroxyl groups excluding tert-OH is 6. The fraction of sp³-hybridized carbons (Fsp3) is 0.667. The molecule has 1 aromatic heterocycles. The third-order valence-corrected chi connectivity index (χ3v) is 7.52. The fourth-order valence-corrected chi connectivity index (χ4v) is 5.35. The molecule has 242 valence electrons. The van der Waals surface area contributed by atoms with E-state index in [1.807, 2.05) is 5.32 Å². The van der Waals surface area contributed by atoms with Crippen LogP contribution in [0.4, 0.5) is 5.82 Å². The predicted molar refractivity (Wildman–Crippen MR) is 135 cm³/mol. The SMILES string of the molecule is Nc1ccn(C2OC(COP(=O)(O)O[C@@]3(C=O)C[C@@H](O)[C@@H](NC(=O)CNC=O)C([C@H](O)[C@H](O)CO)O3)[C@@H](O)[C@H]2O)c(=O)n1. The lowest BCUT2D eigenvalue weighted by molar-refractivity contribution is -0.274. The zero-order valence-corrected chi connectivity index (χ0v) is 23.0. The van der Waals surface area contributed by atoms with Gasteiger partial charge in [0.25, 0.3) is 0 Å². The standard InChI is InChI=1S/C21H32N5O16P/c22-12-1-2-26(20(36)24-12)19-17(35)16(34)11(40-19)6-39-43(37,38)42-21(7-28)3-9(30)14(25-13(32)4-23-8-29)18(41-21)15(33)10(31)5-27/h1-2,7-11,14-19,27,30-31,33-35H,3-6H2,(H,23,29)(H,25,32)(H,37,38)(H2,22,24,36)/t9-,10-,11?,14-,15-,16-,17-,18?,19?,21-/m1/s1. The van der Waals surface area contributed by atoms with Gasteiger partial charge in [-0.3, -0.25) is 23.5 Å². The second kappa shape index (κ2) is 14.2. The number of ether oxygens (including phenoxy) is 2. The molecule has 11 N–H and O–H groups in total. The first-order valence-corrected chi connectivity index (χ1v) is 14.0. The Kier molecular flexibility index (Phi) is 11.4. The lowest BCUT2D eigenvalue weighted by Gasteiger charge is -2.46. The van der Waals surface area contributed by atoms with Gasteiger partial charge in [-0.1, -0.05) is 0 Å². The summed E-state index contributed by atoms with van der Waals surface area (Å²) in [6.07, 6.45) is -14.2. The van der Waals surface area contributed by atoms with Gasteiger partial charge in [0.1, 0.15) is 42.4 Å². The lowest BCUT2D eigenvalue weighted by Crippen LogP contribution is -2.67. The number of carbonyl (C=O) groups excluding carboxylic acids is 3. The van der Waals surface area contributed by atoms with Crippen LogP contribution in [0.3, 0.4) is 0 Å². The van der Waals surface area contributed by atoms with Crippen molar-refractivity contribution in [3.05, 3.63) is 22.7 Å². The number of aromatic nitrogens is 2. The molecule has 0 aromatic carbocycles. The summed E-state index contributed by atoms with van der Waals surface area (Å²) in [4.78, 5) is 60.6. The van der Waals surface area contributed by atoms with Gasteiger partial charge in [0.2, 0.25) is 18.1 Å². The summed E-state index contributed by atoms with van der Waals surface area (Å²) in [5, 5.41) is 65.3. The van der Waals surface area contributed by atoms with Crippen LogP contribution in [0.15, 0.2) is 17.1 Å². The summed E-state index contributed by atoms with van der Waals surface area (Å²) in [5.74, 6) is -3.87. The Morgan fingerprint density at radius 3 is 2.60 bits per heavy atom. The molecule has 2 aliphatic heterocycles. The maximum absolute atomic E-state index is 12.8. The summed E-state index contributed by atoms with van der Waals surface area (Å²) in [6, 6.07) is -0.387. The van der Waals surface area contributed by atoms with Gasteiger partial charge in [-0.2, -0.15) is 4.98 Å². The minimum atomic E-state index is -5.39. The van der Waals surface area contributed by atoms with Crippen LogP contribution in [0.25, 0.3) is 0 Å². The first-order valence-electron chi connectivity index (χ1n) is 12.5. The molecule has 0 aliphatic carbocycles. The van der Waals surface area contributed by atoms with E-state index in [1.165, 1.54) is 6.07 Å². The average molecular weight is 641 g/mol. The first kappa shape index (κ1) is 34.6. The second-order valence-corrected chi connectivity index (χ2v) is 10.9. The fourth-order valence-electron chi connectivity index (χ4n) is 4.41. The summed E-state index contributed by atoms with van der Waals surface area (Å²) in [6.45, 7) is -2.59. The zero-order valence-electron chi connectivity index (χ0n) is 22.1. The van der Waals surface area contributed by atoms with Crippen molar-refractivity contribution < 1.29 is 73.0 Å². The number of nitrogen functional groups attached to an aromatic ring is 1. The second-order valence-electron chi connectivity index (χ2n) is 9.56. The van der Waals surface area contributed by atoms with Crippen molar-refractivity contribution in [1.29, 1.82) is 0 Å². The van der Waals surface area contributed by atoms with Gasteiger partial charge in [-0.15, -0.1) is 0 Å². The van der Waals surface area contributed by atoms with E-state index in [9.17, 15) is 59.3 Å². The normalized spacial score (nSPS) is 33.6. The number of carbonyl (C=O) groups is 3. The van der Waals surface area contributed by atoms with E-state index in [0.717, 1.165) is 10.8 Å². The first-order chi connectivity index (χ1) is 20.2. The highest BCUT2D eigenvalue weighted by atomic mass is 31.2. The van der Waals surface area contributed by atoms with Crippen molar-refractivity contribution >= 4 is 32.2 Å². The van der Waals surface area contributed by atoms with Crippen molar-refractivity contribution in [3.8, 4) is 0 Å². The van der Waals surface area contributed by atoms with Crippen molar-refractivity contribution in [2.24, 2.45) is 0 Å². The number of rotatable bonds is 14. The van der Waals surface area contributed by atoms with Crippen LogP contribution < -0.4 is 22.1 Å². The molecule has 2 aliphatic rings. The molecule has 2 saturated heterocycles. The number of amides is 2. The Morgan fingerprint density at radius 2 is 2.00 bits per heavy atom. The molecule has 2 amide bonds. The number of anilines is 1. The van der Waals surface area contributed by atoms with Gasteiger partial charge in [-0.25, -0.2) is 13.9 Å². The van der Waals surface area contributed by atoms with Crippen LogP contribution >= 0.6 is 7.82 Å². The molecule has 22 heteroatoms. The van der Waals surface area contributed by atoms with Gasteiger partial charge in [-0.05, 0) is 6.07 Å². The number of hydrogen-bond donors (Lipinski definition) is 10. The van der Waals surface area contributed by atoms with Crippen LogP contribution in [0.2, 0.25) is 0 Å². The third-order valence-electron chi connectivity index (χ3n) is 6.50. The van der Waals surface area contributed by atoms with E-state index in [2.05, 4.69) is 10.3 Å². The molecule has 11 atom stereocenters. The smallest absolute Gasteiger partial charge is 0.394 e. The highest BCUT2D eigenvalue weighted by Crippen LogP contribution is 2.50. The van der Waals surface area contributed by atoms with Crippen LogP contribution in [0.5, 0.6) is 0 Å². The number of hydrogen-bond acceptors (Lipinski definition) is 17. The largest absolute Gasteiger partial charge is 0.475 e. The van der Waals surface area contributed by atoms with E-state index in [4.69, 9.17) is 24.3 Å². The minimum Gasteiger partial charge on any atom is -0.394 e. The van der Waals surface area contributed by atoms with Crippen LogP contribution in [-0.2, 0) is 37.5 Å². The summed E-state index contributed by atoms with van der Waals surface area (Å²) in [7, 11) is -5.39. The third kappa shape index (κ3) is 8.17. The molecule has 0 bridgehead atoms. The number of aldehydes is 1. The zero-order chi connectivity index (χ0) is 32.1. The van der Waals surface area contributed by atoms with Gasteiger partial charge in [0, 0.05) is 12.6 Å². The van der Waals surface area contributed by atoms with Gasteiger partial charge in [0.15, 0.2) is 12.5 Å². The van der Waals surface area contributed by atoms with Crippen molar-refractivity contribution in [2.75, 3.05) is 25.5 Å². The molecule has 21 nitrogen and oxygen atoms in total. The molecule has 2 fully saturated rings. The monoisotopic (exact) mass is 641 g/mol. The Balaban J connectivity index is 1.75. The van der Waals surface area contributed by atoms with Crippen LogP contribution in [-0.4, -0.2) is 138 Å². The maximum atomic E-state index is 12.8. The summed E-state index contributed by atoms with van der Waals surface area (Å²) in [5.41, 5.74) is 4.48. The molecule has 0 radical (unpaired) electrons. The topological polar surface area (TPSA) is 332 Å². The molecule has 3 heterocycles. The van der Waals surface area contributed by atoms with Crippen molar-refractivity contribution in [3.63, 3.8) is 0 Å². The Bertz CT molecular complexity index is 1250. The summed E-state index contributed by atoms with van der Waals surface area (Å²) < 4.78 is 34.1. The van der Waals surface area contributed by atoms with Crippen LogP contribution in [0.1, 0.15) is 12.6 Å². The summed E-state index contributed by atoms with van der Waals surface area (Å²) >= 11 is 0. The van der Waals surface area contributed by atoms with E-state index >= 15 is 0 Å². The van der Waals surface area contributed by atoms with Gasteiger partial charge >= 0.3 is 13.5 Å². The minimum absolute atomic E-state index is 0.129. The molecular formula is C21H32N5O16P. The maximum Gasteiger partial charge on any atom is 0.475 e. The lowest BCUT2D eigenvalue weighted by atomic mass is 9.89. The average Bonchev–Trinajstić information content (AvgIpc) is 3.23. The molecule has 3 rings (SSSR count). The number of nitrogens with one attached hydrogen (secondary N) is 2. The van der Waals surface area contributed by atoms with Gasteiger partial charge < -0.3 is 61.4 Å². The Hall–Kier alpha value is -2.92. The number of phosphoric acid groups is 1. The number of aliphatic hydroxyl groups is 6. The van der Waals surface area contributed by atoms with E-state index in [-0.39, 0.29) is 18.5 Å². The molecule has 4 unspecified atom stereocenters. The van der Waals surface area contributed by atoms with Crippen molar-refractivity contribution in [1.82, 2.24) is 20.2 Å². The highest BCUT2D eigenvalue weighted by Gasteiger charge is 2.55. The Labute approximate surface area is 241 Å². The molecule has 0 saturated carbocycles. The number of phosphoric ester groups is 1. The molecule has 0 spiro atoms. The van der Waals surface area contributed by atoms with Crippen LogP contribution in [0, 0.1) is 0 Å². The van der Waals surface area contributed by atoms with Gasteiger partial charge in [0.05, 0.1) is 31.9 Å². The molecule has 43 heavy (non-hydrogen) atoms. The van der Waals surface area contributed by atoms with E-state index < -0.39 is 106 Å². The van der Waals surface area contributed by atoms with E-state index in [0.29, 0.717) is 0 Å².